The van der Waals surface area contributed by atoms with Crippen LogP contribution in [-0.4, -0.2) is 4.98 Å². The average molecular weight is 158 g/mol. The Morgan fingerprint density at radius 1 is 1.17 bits per heavy atom. The molecule has 0 amide bonds. The van der Waals surface area contributed by atoms with Crippen LogP contribution < -0.4 is 5.11 Å². The Morgan fingerprint density at radius 3 is 2.83 bits per heavy atom. The maximum absolute atomic E-state index is 11.3. The molecule has 12 heavy (non-hydrogen) atoms. The van der Waals surface area contributed by atoms with E-state index in [1.54, 1.807) is 6.07 Å². The average Bonchev–Trinajstić information content (AvgIpc) is 2.07. The van der Waals surface area contributed by atoms with Crippen LogP contribution in [0.2, 0.25) is 0 Å². The minimum Gasteiger partial charge on any atom is -0.871 e. The molecule has 2 aromatic rings. The van der Waals surface area contributed by atoms with E-state index in [-0.39, 0.29) is 5.75 Å². The molecule has 1 aromatic heterocycles. The van der Waals surface area contributed by atoms with Crippen molar-refractivity contribution >= 4 is 10.9 Å². The smallest absolute Gasteiger partial charge is 0.0626 e. The van der Waals surface area contributed by atoms with Gasteiger partial charge < -0.3 is 5.11 Å². The maximum atomic E-state index is 11.3. The summed E-state index contributed by atoms with van der Waals surface area (Å²) >= 11 is 0. The Hall–Kier alpha value is -1.57. The molecule has 0 fully saturated rings. The zero-order valence-electron chi connectivity index (χ0n) is 6.74. The first-order chi connectivity index (χ1) is 5.77. The first-order valence-electron chi connectivity index (χ1n) is 3.81. The number of para-hydroxylation sites is 1. The van der Waals surface area contributed by atoms with Crippen LogP contribution in [0.1, 0.15) is 5.69 Å². The summed E-state index contributed by atoms with van der Waals surface area (Å²) in [6.07, 6.45) is 0. The Morgan fingerprint density at radius 2 is 2.00 bits per heavy atom. The van der Waals surface area contributed by atoms with Gasteiger partial charge in [0.2, 0.25) is 0 Å². The van der Waals surface area contributed by atoms with E-state index in [4.69, 9.17) is 0 Å². The Labute approximate surface area is 70.5 Å². The third-order valence-corrected chi connectivity index (χ3v) is 1.82. The van der Waals surface area contributed by atoms with Crippen molar-refractivity contribution in [3.63, 3.8) is 0 Å². The van der Waals surface area contributed by atoms with Crippen LogP contribution in [0.3, 0.4) is 0 Å². The molecule has 0 atom stereocenters. The molecule has 1 aromatic carbocycles. The number of benzene rings is 1. The van der Waals surface area contributed by atoms with E-state index in [1.165, 1.54) is 6.07 Å². The monoisotopic (exact) mass is 158 g/mol. The van der Waals surface area contributed by atoms with E-state index in [0.717, 1.165) is 11.1 Å². The fraction of sp³-hybridized carbons (Fsp3) is 0.100. The Kier molecular flexibility index (Phi) is 1.47. The van der Waals surface area contributed by atoms with Crippen LogP contribution in [0.25, 0.3) is 10.9 Å². The zero-order valence-corrected chi connectivity index (χ0v) is 6.74. The van der Waals surface area contributed by atoms with Gasteiger partial charge in [-0.25, -0.2) is 0 Å². The number of hydrogen-bond donors (Lipinski definition) is 0. The molecule has 0 radical (unpaired) electrons. The summed E-state index contributed by atoms with van der Waals surface area (Å²) in [6.45, 7) is 1.88. The van der Waals surface area contributed by atoms with Crippen LogP contribution in [0.5, 0.6) is 5.75 Å². The molecule has 0 saturated carbocycles. The minimum atomic E-state index is -0.00352. The van der Waals surface area contributed by atoms with E-state index in [9.17, 15) is 5.11 Å². The second-order valence-electron chi connectivity index (χ2n) is 2.78. The summed E-state index contributed by atoms with van der Waals surface area (Å²) in [6, 6.07) is 9.00. The molecule has 0 N–H and O–H groups in total. The summed E-state index contributed by atoms with van der Waals surface area (Å²) in [7, 11) is 0. The number of hydrogen-bond acceptors (Lipinski definition) is 2. The fourth-order valence-corrected chi connectivity index (χ4v) is 1.22. The lowest BCUT2D eigenvalue weighted by Gasteiger charge is -2.08. The van der Waals surface area contributed by atoms with Crippen molar-refractivity contribution < 1.29 is 5.11 Å². The van der Waals surface area contributed by atoms with Gasteiger partial charge in [-0.2, -0.15) is 0 Å². The molecule has 60 valence electrons. The normalized spacial score (nSPS) is 10.4. The quantitative estimate of drug-likeness (QED) is 0.584. The van der Waals surface area contributed by atoms with E-state index in [0.29, 0.717) is 5.52 Å². The molecule has 0 spiro atoms. The topological polar surface area (TPSA) is 36.0 Å². The van der Waals surface area contributed by atoms with Crippen molar-refractivity contribution in [2.45, 2.75) is 6.92 Å². The van der Waals surface area contributed by atoms with Gasteiger partial charge in [0, 0.05) is 5.69 Å². The number of aryl methyl sites for hydroxylation is 1. The second-order valence-corrected chi connectivity index (χ2v) is 2.78. The van der Waals surface area contributed by atoms with E-state index < -0.39 is 0 Å². The van der Waals surface area contributed by atoms with E-state index in [1.807, 2.05) is 25.1 Å². The molecular weight excluding hydrogens is 150 g/mol. The molecule has 0 aliphatic heterocycles. The van der Waals surface area contributed by atoms with E-state index >= 15 is 0 Å². The van der Waals surface area contributed by atoms with Gasteiger partial charge in [0.15, 0.2) is 0 Å². The highest BCUT2D eigenvalue weighted by Gasteiger charge is 1.93. The van der Waals surface area contributed by atoms with Gasteiger partial charge in [0.25, 0.3) is 0 Å². The molecule has 2 rings (SSSR count). The molecule has 0 aliphatic rings. The van der Waals surface area contributed by atoms with Crippen molar-refractivity contribution in [3.05, 3.63) is 36.0 Å². The lowest BCUT2D eigenvalue weighted by Crippen LogP contribution is -1.93. The predicted molar refractivity (Wildman–Crippen MR) is 45.9 cm³/mol. The highest BCUT2D eigenvalue weighted by Crippen LogP contribution is 2.19. The molecule has 0 saturated heterocycles. The van der Waals surface area contributed by atoms with Gasteiger partial charge in [-0.3, -0.25) is 4.98 Å². The summed E-state index contributed by atoms with van der Waals surface area (Å²) in [5.41, 5.74) is 1.45. The number of pyridine rings is 1. The second kappa shape index (κ2) is 2.48. The Bertz CT molecular complexity index is 423. The first kappa shape index (κ1) is 7.10. The fourth-order valence-electron chi connectivity index (χ4n) is 1.22. The molecule has 2 nitrogen and oxygen atoms in total. The van der Waals surface area contributed by atoms with Gasteiger partial charge in [0.1, 0.15) is 0 Å². The van der Waals surface area contributed by atoms with Crippen LogP contribution in [-0.2, 0) is 0 Å². The first-order valence-corrected chi connectivity index (χ1v) is 3.81. The van der Waals surface area contributed by atoms with Crippen LogP contribution in [0.15, 0.2) is 30.3 Å². The van der Waals surface area contributed by atoms with Crippen molar-refractivity contribution in [1.82, 2.24) is 4.98 Å². The molecule has 0 unspecified atom stereocenters. The maximum Gasteiger partial charge on any atom is 0.0626 e. The third-order valence-electron chi connectivity index (χ3n) is 1.82. The Balaban J connectivity index is 2.88. The van der Waals surface area contributed by atoms with Crippen molar-refractivity contribution in [2.75, 3.05) is 0 Å². The number of fused-ring (bicyclic) bond motifs is 1. The van der Waals surface area contributed by atoms with Gasteiger partial charge in [-0.1, -0.05) is 30.0 Å². The predicted octanol–water partition coefficient (Wildman–Crippen LogP) is 1.62. The lowest BCUT2D eigenvalue weighted by molar-refractivity contribution is -0.266. The van der Waals surface area contributed by atoms with Crippen molar-refractivity contribution in [3.8, 4) is 5.75 Å². The zero-order chi connectivity index (χ0) is 8.55. The lowest BCUT2D eigenvalue weighted by atomic mass is 10.2. The molecule has 0 aliphatic carbocycles. The number of aromatic nitrogens is 1. The molecule has 0 bridgehead atoms. The van der Waals surface area contributed by atoms with Gasteiger partial charge in [-0.15, -0.1) is 0 Å². The summed E-state index contributed by atoms with van der Waals surface area (Å²) in [5.74, 6) is -0.00352. The summed E-state index contributed by atoms with van der Waals surface area (Å²) in [4.78, 5) is 4.16. The van der Waals surface area contributed by atoms with Gasteiger partial charge in [0.05, 0.1) is 5.52 Å². The largest absolute Gasteiger partial charge is 0.871 e. The molecule has 2 heteroatoms. The van der Waals surface area contributed by atoms with Crippen molar-refractivity contribution in [1.29, 1.82) is 0 Å². The SMILES string of the molecule is Cc1ccc2cccc([O-])c2n1. The number of nitrogens with zero attached hydrogens (tertiary/aromatic N) is 1. The van der Waals surface area contributed by atoms with E-state index in [2.05, 4.69) is 4.98 Å². The van der Waals surface area contributed by atoms with Gasteiger partial charge in [-0.05, 0) is 18.4 Å². The highest BCUT2D eigenvalue weighted by molar-refractivity contribution is 5.83. The molecular formula is C10H8NO-. The van der Waals surface area contributed by atoms with Gasteiger partial charge >= 0.3 is 0 Å². The van der Waals surface area contributed by atoms with Crippen LogP contribution in [0, 0.1) is 6.92 Å². The highest BCUT2D eigenvalue weighted by atomic mass is 16.3. The van der Waals surface area contributed by atoms with Crippen molar-refractivity contribution in [2.24, 2.45) is 0 Å². The third kappa shape index (κ3) is 1.01. The standard InChI is InChI=1S/C10H9NO/c1-7-5-6-8-3-2-4-9(12)10(8)11-7/h2-6,12H,1H3/p-1. The summed E-state index contributed by atoms with van der Waals surface area (Å²) < 4.78 is 0. The van der Waals surface area contributed by atoms with Crippen LogP contribution in [0.4, 0.5) is 0 Å². The summed E-state index contributed by atoms with van der Waals surface area (Å²) in [5, 5.41) is 12.2. The number of rotatable bonds is 0. The van der Waals surface area contributed by atoms with Crippen LogP contribution >= 0.6 is 0 Å². The molecule has 1 heterocycles. The minimum absolute atomic E-state index is 0.00352.